The lowest BCUT2D eigenvalue weighted by molar-refractivity contribution is 0.167. The van der Waals surface area contributed by atoms with Crippen LogP contribution in [0.2, 0.25) is 0 Å². The normalized spacial score (nSPS) is 28.0. The van der Waals surface area contributed by atoms with Gasteiger partial charge >= 0.3 is 6.03 Å². The summed E-state index contributed by atoms with van der Waals surface area (Å²) in [6.07, 6.45) is 2.29. The molecule has 0 aromatic rings. The van der Waals surface area contributed by atoms with Crippen LogP contribution in [0.5, 0.6) is 0 Å². The number of urea groups is 1. The molecule has 0 aromatic carbocycles. The molecule has 0 saturated heterocycles. The molecule has 1 aliphatic rings. The fourth-order valence-corrected chi connectivity index (χ4v) is 1.58. The zero-order valence-corrected chi connectivity index (χ0v) is 8.05. The number of amides is 2. The van der Waals surface area contributed by atoms with Crippen molar-refractivity contribution < 1.29 is 4.79 Å². The van der Waals surface area contributed by atoms with Crippen molar-refractivity contribution in [2.75, 3.05) is 7.05 Å². The van der Waals surface area contributed by atoms with Crippen LogP contribution in [-0.2, 0) is 0 Å². The molecule has 12 heavy (non-hydrogen) atoms. The van der Waals surface area contributed by atoms with Gasteiger partial charge in [-0.1, -0.05) is 13.8 Å². The van der Waals surface area contributed by atoms with Crippen LogP contribution >= 0.6 is 0 Å². The Morgan fingerprint density at radius 3 is 2.42 bits per heavy atom. The molecule has 0 aliphatic heterocycles. The molecule has 1 rings (SSSR count). The fourth-order valence-electron chi connectivity index (χ4n) is 1.58. The average Bonchev–Trinajstić information content (AvgIpc) is 1.94. The third-order valence-corrected chi connectivity index (χ3v) is 2.68. The van der Waals surface area contributed by atoms with E-state index in [9.17, 15) is 4.79 Å². The van der Waals surface area contributed by atoms with E-state index in [4.69, 9.17) is 0 Å². The first-order chi connectivity index (χ1) is 5.63. The van der Waals surface area contributed by atoms with Gasteiger partial charge in [0.25, 0.3) is 0 Å². The molecule has 0 bridgehead atoms. The Morgan fingerprint density at radius 1 is 1.42 bits per heavy atom. The number of hydrogen-bond acceptors (Lipinski definition) is 1. The van der Waals surface area contributed by atoms with E-state index in [-0.39, 0.29) is 6.03 Å². The van der Waals surface area contributed by atoms with Crippen LogP contribution < -0.4 is 10.6 Å². The lowest BCUT2D eigenvalue weighted by Crippen LogP contribution is -2.48. The summed E-state index contributed by atoms with van der Waals surface area (Å²) in [6.45, 7) is 4.47. The van der Waals surface area contributed by atoms with Gasteiger partial charge in [-0.2, -0.15) is 0 Å². The van der Waals surface area contributed by atoms with E-state index >= 15 is 0 Å². The van der Waals surface area contributed by atoms with Crippen LogP contribution in [0.3, 0.4) is 0 Å². The van der Waals surface area contributed by atoms with Gasteiger partial charge in [0.05, 0.1) is 0 Å². The van der Waals surface area contributed by atoms with Crippen molar-refractivity contribution in [2.45, 2.75) is 32.7 Å². The lowest BCUT2D eigenvalue weighted by Gasteiger charge is -2.38. The van der Waals surface area contributed by atoms with Crippen molar-refractivity contribution in [1.29, 1.82) is 0 Å². The predicted molar refractivity (Wildman–Crippen MR) is 48.9 cm³/mol. The summed E-state index contributed by atoms with van der Waals surface area (Å²) in [5.41, 5.74) is 0. The summed E-state index contributed by atoms with van der Waals surface area (Å²) in [4.78, 5) is 10.9. The maximum absolute atomic E-state index is 10.9. The van der Waals surface area contributed by atoms with Gasteiger partial charge in [-0.05, 0) is 24.7 Å². The van der Waals surface area contributed by atoms with Gasteiger partial charge in [0.2, 0.25) is 0 Å². The minimum atomic E-state index is -0.0535. The summed E-state index contributed by atoms with van der Waals surface area (Å²) in [7, 11) is 1.65. The summed E-state index contributed by atoms with van der Waals surface area (Å²) in [5.74, 6) is 1.57. The Labute approximate surface area is 73.9 Å². The molecule has 0 heterocycles. The molecule has 0 unspecified atom stereocenters. The van der Waals surface area contributed by atoms with Crippen LogP contribution in [0.15, 0.2) is 0 Å². The topological polar surface area (TPSA) is 41.1 Å². The van der Waals surface area contributed by atoms with Crippen molar-refractivity contribution in [1.82, 2.24) is 10.6 Å². The van der Waals surface area contributed by atoms with Crippen LogP contribution in [0.25, 0.3) is 0 Å². The number of carbonyl (C=O) groups excluding carboxylic acids is 1. The molecule has 1 saturated carbocycles. The molecule has 3 heteroatoms. The van der Waals surface area contributed by atoms with Crippen LogP contribution in [0.1, 0.15) is 26.7 Å². The van der Waals surface area contributed by atoms with Crippen molar-refractivity contribution in [3.05, 3.63) is 0 Å². The Bertz CT molecular complexity index is 162. The number of carbonyl (C=O) groups is 1. The highest BCUT2D eigenvalue weighted by Gasteiger charge is 2.31. The van der Waals surface area contributed by atoms with Gasteiger partial charge in [0.1, 0.15) is 0 Å². The minimum absolute atomic E-state index is 0.0535. The monoisotopic (exact) mass is 170 g/mol. The Balaban J connectivity index is 2.13. The maximum atomic E-state index is 10.9. The van der Waals surface area contributed by atoms with Gasteiger partial charge in [0, 0.05) is 13.1 Å². The average molecular weight is 170 g/mol. The van der Waals surface area contributed by atoms with Gasteiger partial charge in [0.15, 0.2) is 0 Å². The van der Waals surface area contributed by atoms with Gasteiger partial charge < -0.3 is 10.6 Å². The highest BCUT2D eigenvalue weighted by Crippen LogP contribution is 2.33. The third-order valence-electron chi connectivity index (χ3n) is 2.68. The molecule has 70 valence electrons. The number of nitrogens with one attached hydrogen (secondary N) is 2. The minimum Gasteiger partial charge on any atom is -0.341 e. The molecule has 3 nitrogen and oxygen atoms in total. The first kappa shape index (κ1) is 9.36. The molecule has 0 spiro atoms. The van der Waals surface area contributed by atoms with Crippen molar-refractivity contribution in [3.8, 4) is 0 Å². The molecular weight excluding hydrogens is 152 g/mol. The zero-order chi connectivity index (χ0) is 9.14. The van der Waals surface area contributed by atoms with E-state index in [2.05, 4.69) is 24.5 Å². The molecular formula is C9H18N2O. The van der Waals surface area contributed by atoms with E-state index in [1.165, 1.54) is 0 Å². The van der Waals surface area contributed by atoms with E-state index < -0.39 is 0 Å². The first-order valence-electron chi connectivity index (χ1n) is 4.61. The van der Waals surface area contributed by atoms with Gasteiger partial charge in [-0.15, -0.1) is 0 Å². The lowest BCUT2D eigenvalue weighted by atomic mass is 9.74. The van der Waals surface area contributed by atoms with Crippen LogP contribution in [0.4, 0.5) is 4.79 Å². The molecule has 1 fully saturated rings. The Morgan fingerprint density at radius 2 is 2.00 bits per heavy atom. The summed E-state index contributed by atoms with van der Waals surface area (Å²) in [5, 5.41) is 5.46. The smallest absolute Gasteiger partial charge is 0.314 e. The predicted octanol–water partition coefficient (Wildman–Crippen LogP) is 1.35. The van der Waals surface area contributed by atoms with Crippen molar-refractivity contribution >= 4 is 6.03 Å². The van der Waals surface area contributed by atoms with Crippen LogP contribution in [-0.4, -0.2) is 19.1 Å². The second kappa shape index (κ2) is 3.78. The van der Waals surface area contributed by atoms with Gasteiger partial charge in [-0.3, -0.25) is 0 Å². The third kappa shape index (κ3) is 2.13. The number of hydrogen-bond donors (Lipinski definition) is 2. The molecule has 1 aliphatic carbocycles. The largest absolute Gasteiger partial charge is 0.341 e. The SMILES string of the molecule is CNC(=O)N[C@H]1C[C@@H](C(C)C)C1. The molecule has 0 aromatic heterocycles. The second-order valence-electron chi connectivity index (χ2n) is 3.90. The second-order valence-corrected chi connectivity index (χ2v) is 3.90. The summed E-state index contributed by atoms with van der Waals surface area (Å²) < 4.78 is 0. The van der Waals surface area contributed by atoms with Gasteiger partial charge in [-0.25, -0.2) is 4.79 Å². The summed E-state index contributed by atoms with van der Waals surface area (Å²) in [6, 6.07) is 0.361. The highest BCUT2D eigenvalue weighted by molar-refractivity contribution is 5.73. The maximum Gasteiger partial charge on any atom is 0.314 e. The van der Waals surface area contributed by atoms with Crippen LogP contribution in [0, 0.1) is 11.8 Å². The fraction of sp³-hybridized carbons (Fsp3) is 0.889. The van der Waals surface area contributed by atoms with Crippen molar-refractivity contribution in [3.63, 3.8) is 0 Å². The van der Waals surface area contributed by atoms with E-state index in [1.54, 1.807) is 7.05 Å². The van der Waals surface area contributed by atoms with E-state index in [1.807, 2.05) is 0 Å². The van der Waals surface area contributed by atoms with E-state index in [0.29, 0.717) is 6.04 Å². The quantitative estimate of drug-likeness (QED) is 0.645. The Kier molecular flexibility index (Phi) is 2.95. The summed E-state index contributed by atoms with van der Waals surface area (Å²) >= 11 is 0. The molecule has 2 N–H and O–H groups in total. The molecule has 0 atom stereocenters. The standard InChI is InChI=1S/C9H18N2O/c1-6(2)7-4-8(5-7)11-9(12)10-3/h6-8H,4-5H2,1-3H3,(H2,10,11,12)/t7-,8+. The zero-order valence-electron chi connectivity index (χ0n) is 8.05. The Hall–Kier alpha value is -0.730. The van der Waals surface area contributed by atoms with Crippen molar-refractivity contribution in [2.24, 2.45) is 11.8 Å². The number of rotatable bonds is 2. The molecule has 2 amide bonds. The first-order valence-corrected chi connectivity index (χ1v) is 4.61. The van der Waals surface area contributed by atoms with E-state index in [0.717, 1.165) is 24.7 Å². The highest BCUT2D eigenvalue weighted by atomic mass is 16.2. The molecule has 0 radical (unpaired) electrons.